The quantitative estimate of drug-likeness (QED) is 0.187. The zero-order valence-electron chi connectivity index (χ0n) is 26.0. The van der Waals surface area contributed by atoms with Crippen LogP contribution in [0.25, 0.3) is 61.0 Å². The molecule has 0 spiro atoms. The Hall–Kier alpha value is -6.59. The zero-order chi connectivity index (χ0) is 31.9. The number of nitrogens with zero attached hydrogens (tertiary/aromatic N) is 5. The maximum Gasteiger partial charge on any atom is 0.0973 e. The van der Waals surface area contributed by atoms with E-state index in [4.69, 9.17) is 9.97 Å². The third-order valence-electron chi connectivity index (χ3n) is 8.88. The van der Waals surface area contributed by atoms with Gasteiger partial charge < -0.3 is 9.47 Å². The highest BCUT2D eigenvalue weighted by Crippen LogP contribution is 2.38. The first-order chi connectivity index (χ1) is 23.8. The van der Waals surface area contributed by atoms with Gasteiger partial charge in [-0.3, -0.25) is 4.98 Å². The standard InChI is InChI=1S/C43H29N5/c1-2-10-30(11-3-1)42-43(46-39-15-7-6-14-38(39)45-42)31-18-20-32(21-19-31)47(35-26-28-44-29-27-35)33-22-24-34(25-23-33)48-40-16-8-4-12-36(40)37-13-5-9-17-41(37)48/h1-29H. The van der Waals surface area contributed by atoms with Crippen molar-refractivity contribution in [1.82, 2.24) is 19.5 Å². The first-order valence-corrected chi connectivity index (χ1v) is 16.0. The maximum absolute atomic E-state index is 5.10. The first kappa shape index (κ1) is 27.7. The Morgan fingerprint density at radius 1 is 0.396 bits per heavy atom. The van der Waals surface area contributed by atoms with E-state index in [-0.39, 0.29) is 0 Å². The van der Waals surface area contributed by atoms with Gasteiger partial charge in [0.15, 0.2) is 0 Å². The molecule has 0 saturated heterocycles. The van der Waals surface area contributed by atoms with Crippen molar-refractivity contribution in [1.29, 1.82) is 0 Å². The summed E-state index contributed by atoms with van der Waals surface area (Å²) in [7, 11) is 0. The lowest BCUT2D eigenvalue weighted by Crippen LogP contribution is -2.10. The molecule has 0 amide bonds. The number of fused-ring (bicyclic) bond motifs is 4. The van der Waals surface area contributed by atoms with Gasteiger partial charge in [0.2, 0.25) is 0 Å². The molecule has 0 radical (unpaired) electrons. The topological polar surface area (TPSA) is 46.8 Å². The molecule has 9 rings (SSSR count). The Kier molecular flexibility index (Phi) is 6.72. The van der Waals surface area contributed by atoms with Crippen LogP contribution in [0.1, 0.15) is 0 Å². The molecule has 0 N–H and O–H groups in total. The molecule has 3 aromatic heterocycles. The number of aromatic nitrogens is 4. The number of rotatable bonds is 6. The average Bonchev–Trinajstić information content (AvgIpc) is 3.50. The van der Waals surface area contributed by atoms with Crippen molar-refractivity contribution in [2.24, 2.45) is 0 Å². The Morgan fingerprint density at radius 3 is 1.44 bits per heavy atom. The molecule has 5 nitrogen and oxygen atoms in total. The number of para-hydroxylation sites is 4. The van der Waals surface area contributed by atoms with Gasteiger partial charge in [-0.15, -0.1) is 0 Å². The second-order valence-corrected chi connectivity index (χ2v) is 11.7. The lowest BCUT2D eigenvalue weighted by Gasteiger charge is -2.26. The Morgan fingerprint density at radius 2 is 0.854 bits per heavy atom. The molecule has 6 aromatic carbocycles. The van der Waals surface area contributed by atoms with Crippen molar-refractivity contribution >= 4 is 49.9 Å². The van der Waals surface area contributed by atoms with E-state index in [1.807, 2.05) is 67.0 Å². The number of pyridine rings is 1. The van der Waals surface area contributed by atoms with E-state index in [9.17, 15) is 0 Å². The van der Waals surface area contributed by atoms with Gasteiger partial charge in [0.25, 0.3) is 0 Å². The van der Waals surface area contributed by atoms with Gasteiger partial charge in [-0.05, 0) is 72.8 Å². The van der Waals surface area contributed by atoms with E-state index in [2.05, 4.69) is 124 Å². The van der Waals surface area contributed by atoms with Crippen LogP contribution >= 0.6 is 0 Å². The summed E-state index contributed by atoms with van der Waals surface area (Å²) in [6.07, 6.45) is 3.67. The number of benzene rings is 6. The normalized spacial score (nSPS) is 11.3. The van der Waals surface area contributed by atoms with Crippen molar-refractivity contribution in [3.63, 3.8) is 0 Å². The van der Waals surface area contributed by atoms with E-state index < -0.39 is 0 Å². The van der Waals surface area contributed by atoms with E-state index in [1.54, 1.807) is 0 Å². The van der Waals surface area contributed by atoms with Gasteiger partial charge in [-0.25, -0.2) is 9.97 Å². The van der Waals surface area contributed by atoms with Gasteiger partial charge in [0, 0.05) is 57.0 Å². The number of hydrogen-bond acceptors (Lipinski definition) is 4. The maximum atomic E-state index is 5.10. The van der Waals surface area contributed by atoms with Crippen LogP contribution < -0.4 is 4.90 Å². The monoisotopic (exact) mass is 615 g/mol. The number of hydrogen-bond donors (Lipinski definition) is 0. The molecule has 226 valence electrons. The van der Waals surface area contributed by atoms with Crippen LogP contribution in [0.2, 0.25) is 0 Å². The van der Waals surface area contributed by atoms with Crippen molar-refractivity contribution in [3.8, 4) is 28.2 Å². The zero-order valence-corrected chi connectivity index (χ0v) is 26.0. The minimum absolute atomic E-state index is 0.859. The predicted octanol–water partition coefficient (Wildman–Crippen LogP) is 10.9. The van der Waals surface area contributed by atoms with Crippen molar-refractivity contribution < 1.29 is 0 Å². The van der Waals surface area contributed by atoms with Crippen LogP contribution in [-0.2, 0) is 0 Å². The highest BCUT2D eigenvalue weighted by atomic mass is 15.1. The van der Waals surface area contributed by atoms with E-state index in [0.29, 0.717) is 0 Å². The number of anilines is 3. The molecule has 0 bridgehead atoms. The van der Waals surface area contributed by atoms with Gasteiger partial charge in [0.05, 0.1) is 33.5 Å². The fourth-order valence-electron chi connectivity index (χ4n) is 6.66. The highest BCUT2D eigenvalue weighted by molar-refractivity contribution is 6.09. The highest BCUT2D eigenvalue weighted by Gasteiger charge is 2.17. The molecule has 48 heavy (non-hydrogen) atoms. The second-order valence-electron chi connectivity index (χ2n) is 11.7. The molecule has 5 heteroatoms. The van der Waals surface area contributed by atoms with Crippen LogP contribution in [0.4, 0.5) is 17.1 Å². The summed E-state index contributed by atoms with van der Waals surface area (Å²) in [6, 6.07) is 57.0. The van der Waals surface area contributed by atoms with E-state index in [0.717, 1.165) is 56.3 Å². The largest absolute Gasteiger partial charge is 0.310 e. The van der Waals surface area contributed by atoms with E-state index in [1.165, 1.54) is 21.8 Å². The summed E-state index contributed by atoms with van der Waals surface area (Å²) >= 11 is 0. The summed E-state index contributed by atoms with van der Waals surface area (Å²) in [4.78, 5) is 16.7. The van der Waals surface area contributed by atoms with Crippen molar-refractivity contribution in [2.75, 3.05) is 4.90 Å². The molecule has 0 aliphatic carbocycles. The molecule has 0 atom stereocenters. The van der Waals surface area contributed by atoms with Crippen LogP contribution in [0.15, 0.2) is 176 Å². The van der Waals surface area contributed by atoms with Crippen LogP contribution in [0, 0.1) is 0 Å². The van der Waals surface area contributed by atoms with Gasteiger partial charge in [-0.1, -0.05) is 91.0 Å². The fourth-order valence-corrected chi connectivity index (χ4v) is 6.66. The Bertz CT molecular complexity index is 2490. The summed E-state index contributed by atoms with van der Waals surface area (Å²) in [5, 5.41) is 2.50. The van der Waals surface area contributed by atoms with Crippen LogP contribution in [-0.4, -0.2) is 19.5 Å². The molecule has 0 aliphatic heterocycles. The van der Waals surface area contributed by atoms with Gasteiger partial charge >= 0.3 is 0 Å². The van der Waals surface area contributed by atoms with Crippen molar-refractivity contribution in [3.05, 3.63) is 176 Å². The second kappa shape index (κ2) is 11.6. The SMILES string of the molecule is c1ccc(-c2nc3ccccc3nc2-c2ccc(N(c3ccncc3)c3ccc(-n4c5ccccc5c5ccccc54)cc3)cc2)cc1. The third kappa shape index (κ3) is 4.77. The molecule has 0 fully saturated rings. The molecular weight excluding hydrogens is 587 g/mol. The lowest BCUT2D eigenvalue weighted by molar-refractivity contribution is 1.17. The smallest absolute Gasteiger partial charge is 0.0973 e. The molecule has 3 heterocycles. The third-order valence-corrected chi connectivity index (χ3v) is 8.88. The predicted molar refractivity (Wildman–Crippen MR) is 197 cm³/mol. The molecule has 0 saturated carbocycles. The molecule has 0 unspecified atom stereocenters. The molecule has 9 aromatic rings. The summed E-state index contributed by atoms with van der Waals surface area (Å²) < 4.78 is 2.34. The minimum atomic E-state index is 0.859. The average molecular weight is 616 g/mol. The Labute approximate surface area is 278 Å². The minimum Gasteiger partial charge on any atom is -0.310 e. The fraction of sp³-hybridized carbons (Fsp3) is 0. The van der Waals surface area contributed by atoms with Crippen LogP contribution in [0.5, 0.6) is 0 Å². The molecular formula is C43H29N5. The summed E-state index contributed by atoms with van der Waals surface area (Å²) in [6.45, 7) is 0. The van der Waals surface area contributed by atoms with Crippen molar-refractivity contribution in [2.45, 2.75) is 0 Å². The Balaban J connectivity index is 1.13. The summed E-state index contributed by atoms with van der Waals surface area (Å²) in [5.74, 6) is 0. The first-order valence-electron chi connectivity index (χ1n) is 16.0. The summed E-state index contributed by atoms with van der Waals surface area (Å²) in [5.41, 5.74) is 12.1. The molecule has 0 aliphatic rings. The van der Waals surface area contributed by atoms with E-state index >= 15 is 0 Å². The lowest BCUT2D eigenvalue weighted by atomic mass is 10.0. The van der Waals surface area contributed by atoms with Crippen LogP contribution in [0.3, 0.4) is 0 Å². The van der Waals surface area contributed by atoms with Gasteiger partial charge in [0.1, 0.15) is 0 Å². The van der Waals surface area contributed by atoms with Gasteiger partial charge in [-0.2, -0.15) is 0 Å².